The molecular formula is C44H51F2N9O7. The molecule has 3 amide bonds. The van der Waals surface area contributed by atoms with Crippen LogP contribution in [0.3, 0.4) is 0 Å². The molecule has 3 aliphatic rings. The number of aromatic nitrogens is 6. The summed E-state index contributed by atoms with van der Waals surface area (Å²) in [5.41, 5.74) is 2.72. The van der Waals surface area contributed by atoms with Crippen molar-refractivity contribution in [3.8, 4) is 11.5 Å². The summed E-state index contributed by atoms with van der Waals surface area (Å²) in [7, 11) is 3.60. The first-order chi connectivity index (χ1) is 29.9. The lowest BCUT2D eigenvalue weighted by Crippen LogP contribution is -2.44. The summed E-state index contributed by atoms with van der Waals surface area (Å²) in [6, 6.07) is 8.21. The largest absolute Gasteiger partial charge is 0.464 e. The number of amides is 3. The number of fused-ring (bicyclic) bond motifs is 1. The number of oxazole rings is 1. The lowest BCUT2D eigenvalue weighted by molar-refractivity contribution is -0.144. The molecule has 1 aliphatic heterocycles. The van der Waals surface area contributed by atoms with E-state index in [1.165, 1.54) is 34.4 Å². The van der Waals surface area contributed by atoms with Crippen LogP contribution in [0, 0.1) is 11.8 Å². The number of imide groups is 1. The summed E-state index contributed by atoms with van der Waals surface area (Å²) in [5, 5.41) is 9.09. The zero-order chi connectivity index (χ0) is 43.5. The van der Waals surface area contributed by atoms with Gasteiger partial charge in [-0.1, -0.05) is 18.9 Å². The number of pyridine rings is 1. The van der Waals surface area contributed by atoms with Gasteiger partial charge in [0.25, 0.3) is 12.3 Å². The average molecular weight is 856 g/mol. The van der Waals surface area contributed by atoms with E-state index in [1.54, 1.807) is 30.1 Å². The van der Waals surface area contributed by atoms with Gasteiger partial charge in [0.1, 0.15) is 18.9 Å². The van der Waals surface area contributed by atoms with Crippen LogP contribution in [0.1, 0.15) is 110 Å². The van der Waals surface area contributed by atoms with Gasteiger partial charge in [0.15, 0.2) is 11.4 Å². The molecule has 2 aliphatic carbocycles. The molecule has 3 fully saturated rings. The minimum Gasteiger partial charge on any atom is -0.464 e. The van der Waals surface area contributed by atoms with E-state index in [4.69, 9.17) is 9.15 Å². The summed E-state index contributed by atoms with van der Waals surface area (Å²) in [6.07, 6.45) is 10.1. The van der Waals surface area contributed by atoms with Crippen LogP contribution in [0.15, 0.2) is 58.2 Å². The average Bonchev–Trinajstić information content (AvgIpc) is 3.67. The third-order valence-corrected chi connectivity index (χ3v) is 12.3. The number of esters is 1. The molecule has 1 unspecified atom stereocenters. The van der Waals surface area contributed by atoms with Crippen molar-refractivity contribution >= 4 is 40.4 Å². The molecule has 5 heterocycles. The van der Waals surface area contributed by atoms with Crippen molar-refractivity contribution in [1.29, 1.82) is 0 Å². The van der Waals surface area contributed by atoms with Gasteiger partial charge in [-0.25, -0.2) is 18.6 Å². The molecule has 0 bridgehead atoms. The molecule has 0 spiro atoms. The van der Waals surface area contributed by atoms with Gasteiger partial charge >= 0.3 is 11.7 Å². The zero-order valence-electron chi connectivity index (χ0n) is 34.9. The summed E-state index contributed by atoms with van der Waals surface area (Å²) in [5.74, 6) is -0.469. The van der Waals surface area contributed by atoms with Crippen LogP contribution in [0.25, 0.3) is 22.5 Å². The first-order valence-corrected chi connectivity index (χ1v) is 21.4. The molecular weight excluding hydrogens is 805 g/mol. The number of anilines is 1. The highest BCUT2D eigenvalue weighted by Gasteiger charge is 2.32. The number of carbonyl (C=O) groups is 4. The molecule has 8 rings (SSSR count). The zero-order valence-corrected chi connectivity index (χ0v) is 34.9. The van der Waals surface area contributed by atoms with Gasteiger partial charge in [-0.2, -0.15) is 5.10 Å². The van der Waals surface area contributed by atoms with E-state index < -0.39 is 30.0 Å². The van der Waals surface area contributed by atoms with Gasteiger partial charge in [0.2, 0.25) is 17.7 Å². The highest BCUT2D eigenvalue weighted by Crippen LogP contribution is 2.36. The fourth-order valence-electron chi connectivity index (χ4n) is 8.61. The van der Waals surface area contributed by atoms with Crippen LogP contribution in [0.2, 0.25) is 0 Å². The molecule has 18 heteroatoms. The summed E-state index contributed by atoms with van der Waals surface area (Å²) < 4.78 is 43.8. The number of nitrogens with zero attached hydrogens (tertiary/aromatic N) is 7. The minimum atomic E-state index is -2.89. The highest BCUT2D eigenvalue weighted by atomic mass is 19.3. The first kappa shape index (κ1) is 42.6. The smallest absolute Gasteiger partial charge is 0.329 e. The first-order valence-electron chi connectivity index (χ1n) is 21.4. The number of likely N-dealkylation sites (N-methyl/N-ethyl adjacent to an activating group) is 1. The number of imidazole rings is 1. The Morgan fingerprint density at radius 3 is 2.56 bits per heavy atom. The second-order valence-electron chi connectivity index (χ2n) is 16.9. The molecule has 2 N–H and O–H groups in total. The predicted molar refractivity (Wildman–Crippen MR) is 222 cm³/mol. The van der Waals surface area contributed by atoms with Crippen molar-refractivity contribution in [1.82, 2.24) is 39.1 Å². The van der Waals surface area contributed by atoms with Crippen molar-refractivity contribution in [2.24, 2.45) is 18.9 Å². The number of carbonyl (C=O) groups excluding carboxylic acids is 4. The highest BCUT2D eigenvalue weighted by molar-refractivity contribution is 6.03. The molecule has 4 aromatic heterocycles. The van der Waals surface area contributed by atoms with Crippen molar-refractivity contribution in [2.45, 2.75) is 95.6 Å². The van der Waals surface area contributed by atoms with E-state index in [0.717, 1.165) is 62.2 Å². The maximum absolute atomic E-state index is 14.1. The van der Waals surface area contributed by atoms with Gasteiger partial charge < -0.3 is 19.4 Å². The Labute approximate surface area is 356 Å². The molecule has 0 radical (unpaired) electrons. The van der Waals surface area contributed by atoms with E-state index in [0.29, 0.717) is 35.5 Å². The van der Waals surface area contributed by atoms with Gasteiger partial charge in [0, 0.05) is 56.6 Å². The number of aryl methyl sites for hydroxylation is 3. The molecule has 62 heavy (non-hydrogen) atoms. The van der Waals surface area contributed by atoms with Crippen molar-refractivity contribution in [2.75, 3.05) is 32.1 Å². The lowest BCUT2D eigenvalue weighted by Gasteiger charge is -2.31. The van der Waals surface area contributed by atoms with Gasteiger partial charge in [-0.3, -0.25) is 43.3 Å². The summed E-state index contributed by atoms with van der Waals surface area (Å²) >= 11 is 0. The Morgan fingerprint density at radius 2 is 1.81 bits per heavy atom. The van der Waals surface area contributed by atoms with E-state index in [1.807, 2.05) is 25.2 Å². The number of ether oxygens (including phenoxy) is 1. The van der Waals surface area contributed by atoms with Crippen molar-refractivity contribution in [3.05, 3.63) is 82.1 Å². The van der Waals surface area contributed by atoms with E-state index in [-0.39, 0.29) is 66.7 Å². The Bertz CT molecular complexity index is 2510. The van der Waals surface area contributed by atoms with Gasteiger partial charge in [0.05, 0.1) is 22.8 Å². The summed E-state index contributed by atoms with van der Waals surface area (Å²) in [6.45, 7) is 1.56. The van der Waals surface area contributed by atoms with Gasteiger partial charge in [-0.05, 0) is 100 Å². The van der Waals surface area contributed by atoms with E-state index in [9.17, 15) is 32.8 Å². The number of nitrogens with one attached hydrogen (secondary N) is 2. The Hall–Kier alpha value is -6.04. The molecule has 1 saturated heterocycles. The topological polar surface area (TPSA) is 188 Å². The maximum atomic E-state index is 14.1. The van der Waals surface area contributed by atoms with Gasteiger partial charge in [-0.15, -0.1) is 0 Å². The molecule has 16 nitrogen and oxygen atoms in total. The number of alkyl halides is 2. The Balaban J connectivity index is 0.769. The second kappa shape index (κ2) is 18.5. The standard InChI is InChI=1S/C44H51F2N9O7/c1-52(19-20-61-38(57)16-9-27-8-13-34-36(21-27)53(2)44(60)55(34)35-14-15-37(56)50-42(35)59)23-28-6-11-31(12-7-28)54-24-32(39(51-54)40(45)46)48-41(58)33-25-62-43(49-33)29-17-18-47-30(22-29)10-5-26-3-4-26/h8,13,17-18,21-22,24-26,28,31,35,40H,3-7,9-12,14-16,19-20,23H2,1-2H3,(H,48,58)(H,50,56,59). The number of halogens is 2. The lowest BCUT2D eigenvalue weighted by atomic mass is 9.86. The van der Waals surface area contributed by atoms with Crippen LogP contribution in [-0.4, -0.2) is 84.2 Å². The van der Waals surface area contributed by atoms with Crippen LogP contribution in [0.4, 0.5) is 14.5 Å². The van der Waals surface area contributed by atoms with Crippen LogP contribution in [-0.2, 0) is 39.0 Å². The van der Waals surface area contributed by atoms with E-state index in [2.05, 4.69) is 30.6 Å². The Kier molecular flexibility index (Phi) is 12.7. The fourth-order valence-corrected chi connectivity index (χ4v) is 8.61. The molecule has 2 saturated carbocycles. The van der Waals surface area contributed by atoms with Crippen molar-refractivity contribution < 1.29 is 37.1 Å². The molecule has 1 atom stereocenters. The van der Waals surface area contributed by atoms with Crippen molar-refractivity contribution in [3.63, 3.8) is 0 Å². The third kappa shape index (κ3) is 9.85. The summed E-state index contributed by atoms with van der Waals surface area (Å²) in [4.78, 5) is 73.9. The molecule has 328 valence electrons. The minimum absolute atomic E-state index is 0.0330. The molecule has 1 aromatic carbocycles. The maximum Gasteiger partial charge on any atom is 0.329 e. The molecule has 5 aromatic rings. The third-order valence-electron chi connectivity index (χ3n) is 12.3. The fraction of sp³-hybridized carbons (Fsp3) is 0.500. The second-order valence-corrected chi connectivity index (χ2v) is 16.9. The normalized spacial score (nSPS) is 19.4. The number of hydrogen-bond acceptors (Lipinski definition) is 11. The quantitative estimate of drug-likeness (QED) is 0.0833. The van der Waals surface area contributed by atoms with Crippen LogP contribution >= 0.6 is 0 Å². The van der Waals surface area contributed by atoms with Crippen LogP contribution < -0.4 is 16.3 Å². The number of benzene rings is 1. The van der Waals surface area contributed by atoms with Crippen LogP contribution in [0.5, 0.6) is 0 Å². The number of rotatable bonds is 17. The number of piperidine rings is 1. The predicted octanol–water partition coefficient (Wildman–Crippen LogP) is 5.94. The Morgan fingerprint density at radius 1 is 1.02 bits per heavy atom. The SMILES string of the molecule is CN(CCOC(=O)CCc1ccc2c(c1)n(C)c(=O)n2C1CCC(=O)NC1=O)CC1CCC(n2cc(NC(=O)c3coc(-c4ccnc(CCC5CC5)c4)n3)c(C(F)F)n2)CC1. The number of hydrogen-bond donors (Lipinski definition) is 2. The van der Waals surface area contributed by atoms with E-state index >= 15 is 0 Å². The monoisotopic (exact) mass is 855 g/mol.